The third kappa shape index (κ3) is 3.62. The van der Waals surface area contributed by atoms with E-state index < -0.39 is 0 Å². The summed E-state index contributed by atoms with van der Waals surface area (Å²) >= 11 is 0. The third-order valence-electron chi connectivity index (χ3n) is 7.98. The van der Waals surface area contributed by atoms with E-state index in [1.54, 1.807) is 29.2 Å². The number of ether oxygens (including phenoxy) is 2. The van der Waals surface area contributed by atoms with Gasteiger partial charge in [0.15, 0.2) is 11.4 Å². The summed E-state index contributed by atoms with van der Waals surface area (Å²) in [6.45, 7) is 1.08. The Labute approximate surface area is 213 Å². The molecule has 2 atom stereocenters. The van der Waals surface area contributed by atoms with Gasteiger partial charge < -0.3 is 9.47 Å². The van der Waals surface area contributed by atoms with Gasteiger partial charge in [0.2, 0.25) is 0 Å². The number of fused-ring (bicyclic) bond motifs is 6. The van der Waals surface area contributed by atoms with Gasteiger partial charge in [0, 0.05) is 24.2 Å². The number of piperidine rings is 1. The Hall–Kier alpha value is -4.04. The lowest BCUT2D eigenvalue weighted by atomic mass is 9.81. The summed E-state index contributed by atoms with van der Waals surface area (Å²) in [5.41, 5.74) is 5.86. The molecule has 186 valence electrons. The molecule has 1 amide bonds. The first-order valence-corrected chi connectivity index (χ1v) is 12.7. The minimum Gasteiger partial charge on any atom is -0.448 e. The highest BCUT2D eigenvalue weighted by molar-refractivity contribution is 6.02. The van der Waals surface area contributed by atoms with Gasteiger partial charge in [-0.2, -0.15) is 5.10 Å². The molecule has 0 saturated carbocycles. The van der Waals surface area contributed by atoms with Crippen LogP contribution in [0, 0.1) is 5.92 Å². The fourth-order valence-corrected chi connectivity index (χ4v) is 6.32. The Morgan fingerprint density at radius 3 is 2.32 bits per heavy atom. The van der Waals surface area contributed by atoms with Crippen LogP contribution >= 0.6 is 0 Å². The maximum absolute atomic E-state index is 13.4. The van der Waals surface area contributed by atoms with E-state index >= 15 is 0 Å². The number of rotatable bonds is 4. The number of hydrogen-bond donors (Lipinski definition) is 0. The second-order valence-corrected chi connectivity index (χ2v) is 10.0. The molecule has 3 aliphatic rings. The maximum Gasteiger partial charge on any atom is 0.410 e. The van der Waals surface area contributed by atoms with Crippen LogP contribution in [0.15, 0.2) is 73.2 Å². The lowest BCUT2D eigenvalue weighted by molar-refractivity contribution is -0.0747. The van der Waals surface area contributed by atoms with Crippen molar-refractivity contribution in [3.8, 4) is 11.1 Å². The molecule has 2 aliphatic heterocycles. The predicted octanol–water partition coefficient (Wildman–Crippen LogP) is 4.34. The molecule has 2 unspecified atom stereocenters. The summed E-state index contributed by atoms with van der Waals surface area (Å²) < 4.78 is 13.4. The molecule has 2 aromatic heterocycles. The van der Waals surface area contributed by atoms with E-state index in [1.807, 2.05) is 29.2 Å². The van der Waals surface area contributed by atoms with E-state index in [0.717, 1.165) is 0 Å². The van der Waals surface area contributed by atoms with E-state index in [4.69, 9.17) is 9.47 Å². The van der Waals surface area contributed by atoms with Gasteiger partial charge in [0.1, 0.15) is 6.61 Å². The van der Waals surface area contributed by atoms with Crippen molar-refractivity contribution in [1.82, 2.24) is 19.5 Å². The minimum absolute atomic E-state index is 0.00896. The molecule has 2 aromatic carbocycles. The molecule has 2 saturated heterocycles. The van der Waals surface area contributed by atoms with E-state index in [2.05, 4.69) is 34.3 Å². The minimum atomic E-state index is -0.330. The summed E-state index contributed by atoms with van der Waals surface area (Å²) in [7, 11) is 0. The number of aromatic nitrogens is 3. The second-order valence-electron chi connectivity index (χ2n) is 10.0. The maximum atomic E-state index is 13.4. The molecular weight excluding hydrogens is 468 g/mol. The number of Topliss-reactive ketones (excluding diaryl/α,β-unsaturated/α-hetero) is 1. The Bertz CT molecular complexity index is 1460. The lowest BCUT2D eigenvalue weighted by Gasteiger charge is -2.47. The smallest absolute Gasteiger partial charge is 0.410 e. The summed E-state index contributed by atoms with van der Waals surface area (Å²) in [6, 6.07) is 18.0. The average molecular weight is 495 g/mol. The van der Waals surface area contributed by atoms with Crippen molar-refractivity contribution in [2.45, 2.75) is 30.8 Å². The van der Waals surface area contributed by atoms with E-state index in [-0.39, 0.29) is 42.4 Å². The monoisotopic (exact) mass is 494 g/mol. The molecule has 7 rings (SSSR count). The van der Waals surface area contributed by atoms with Crippen molar-refractivity contribution < 1.29 is 19.1 Å². The molecule has 37 heavy (non-hydrogen) atoms. The largest absolute Gasteiger partial charge is 0.448 e. The molecule has 4 aromatic rings. The van der Waals surface area contributed by atoms with E-state index in [0.29, 0.717) is 37.3 Å². The Morgan fingerprint density at radius 2 is 1.62 bits per heavy atom. The molecule has 2 bridgehead atoms. The average Bonchev–Trinajstić information content (AvgIpc) is 3.50. The zero-order chi connectivity index (χ0) is 24.9. The Morgan fingerprint density at radius 1 is 0.946 bits per heavy atom. The summed E-state index contributed by atoms with van der Waals surface area (Å²) in [5.74, 6) is -0.181. The van der Waals surface area contributed by atoms with Crippen molar-refractivity contribution in [2.24, 2.45) is 5.92 Å². The standard InChI is InChI=1S/C29H26N4O4/c34-27(25-14-31-32-11-5-10-30-28(25)32)18-12-19-15-36-16-20(13-18)33(19)29(35)37-17-26-23-8-3-1-6-21(23)22-7-2-4-9-24(22)26/h1-11,14,18-20,26H,12-13,15-17H2. The molecule has 8 heteroatoms. The molecule has 4 heterocycles. The SMILES string of the molecule is O=C(c1cnn2cccnc12)C1CC2COCC(C1)N2C(=O)OCC1c2ccccc2-c2ccccc21. The Kier molecular flexibility index (Phi) is 5.28. The topological polar surface area (TPSA) is 86.0 Å². The van der Waals surface area contributed by atoms with Crippen molar-refractivity contribution >= 4 is 17.5 Å². The normalized spacial score (nSPS) is 22.5. The number of benzene rings is 2. The van der Waals surface area contributed by atoms with Gasteiger partial charge in [-0.1, -0.05) is 48.5 Å². The van der Waals surface area contributed by atoms with Gasteiger partial charge >= 0.3 is 6.09 Å². The van der Waals surface area contributed by atoms with Gasteiger partial charge in [-0.15, -0.1) is 0 Å². The highest BCUT2D eigenvalue weighted by Crippen LogP contribution is 2.44. The molecular formula is C29H26N4O4. The van der Waals surface area contributed by atoms with Gasteiger partial charge in [0.05, 0.1) is 37.1 Å². The van der Waals surface area contributed by atoms with Crippen molar-refractivity contribution in [1.29, 1.82) is 0 Å². The van der Waals surface area contributed by atoms with Crippen LogP contribution in [-0.2, 0) is 9.47 Å². The lowest BCUT2D eigenvalue weighted by Crippen LogP contribution is -2.60. The van der Waals surface area contributed by atoms with E-state index in [1.165, 1.54) is 22.3 Å². The van der Waals surface area contributed by atoms with Crippen molar-refractivity contribution in [3.63, 3.8) is 0 Å². The zero-order valence-corrected chi connectivity index (χ0v) is 20.2. The number of ketones is 1. The van der Waals surface area contributed by atoms with Crippen LogP contribution in [-0.4, -0.2) is 63.3 Å². The van der Waals surface area contributed by atoms with Gasteiger partial charge in [-0.05, 0) is 41.2 Å². The number of hydrogen-bond acceptors (Lipinski definition) is 6. The van der Waals surface area contributed by atoms with Crippen LogP contribution in [0.4, 0.5) is 4.79 Å². The first-order chi connectivity index (χ1) is 18.2. The van der Waals surface area contributed by atoms with Crippen LogP contribution in [0.5, 0.6) is 0 Å². The molecule has 0 N–H and O–H groups in total. The van der Waals surface area contributed by atoms with Crippen molar-refractivity contribution in [3.05, 3.63) is 89.9 Å². The Balaban J connectivity index is 1.08. The highest BCUT2D eigenvalue weighted by Gasteiger charge is 2.45. The van der Waals surface area contributed by atoms with Crippen LogP contribution in [0.25, 0.3) is 16.8 Å². The highest BCUT2D eigenvalue weighted by atomic mass is 16.6. The van der Waals surface area contributed by atoms with Gasteiger partial charge in [-0.25, -0.2) is 14.3 Å². The van der Waals surface area contributed by atoms with Crippen molar-refractivity contribution in [2.75, 3.05) is 19.8 Å². The summed E-state index contributed by atoms with van der Waals surface area (Å²) in [5, 5.41) is 4.27. The van der Waals surface area contributed by atoms with Crippen LogP contribution in [0.1, 0.15) is 40.2 Å². The first-order valence-electron chi connectivity index (χ1n) is 12.7. The van der Waals surface area contributed by atoms with Crippen LogP contribution in [0.2, 0.25) is 0 Å². The number of carbonyl (C=O) groups excluding carboxylic acids is 2. The van der Waals surface area contributed by atoms with Crippen LogP contribution in [0.3, 0.4) is 0 Å². The predicted molar refractivity (Wildman–Crippen MR) is 135 cm³/mol. The van der Waals surface area contributed by atoms with E-state index in [9.17, 15) is 9.59 Å². The first kappa shape index (κ1) is 22.2. The fraction of sp³-hybridized carbons (Fsp3) is 0.310. The second kappa shape index (κ2) is 8.81. The zero-order valence-electron chi connectivity index (χ0n) is 20.2. The molecule has 2 fully saturated rings. The quantitative estimate of drug-likeness (QED) is 0.393. The molecule has 0 radical (unpaired) electrons. The molecule has 1 aliphatic carbocycles. The van der Waals surface area contributed by atoms with Gasteiger partial charge in [-0.3, -0.25) is 9.69 Å². The number of morpholine rings is 1. The number of carbonyl (C=O) groups is 2. The fourth-order valence-electron chi connectivity index (χ4n) is 6.32. The number of amides is 1. The summed E-state index contributed by atoms with van der Waals surface area (Å²) in [4.78, 5) is 33.0. The third-order valence-corrected chi connectivity index (χ3v) is 7.98. The summed E-state index contributed by atoms with van der Waals surface area (Å²) in [6.07, 6.45) is 5.77. The molecule has 0 spiro atoms. The molecule has 8 nitrogen and oxygen atoms in total. The van der Waals surface area contributed by atoms with Crippen LogP contribution < -0.4 is 0 Å². The van der Waals surface area contributed by atoms with Gasteiger partial charge in [0.25, 0.3) is 0 Å². The number of nitrogens with zero attached hydrogens (tertiary/aromatic N) is 4.